The third-order valence-corrected chi connectivity index (χ3v) is 7.53. The Hall–Kier alpha value is -2.32. The van der Waals surface area contributed by atoms with Crippen LogP contribution in [0.5, 0.6) is 0 Å². The fourth-order valence-corrected chi connectivity index (χ4v) is 6.35. The van der Waals surface area contributed by atoms with Gasteiger partial charge in [-0.3, -0.25) is 9.59 Å². The van der Waals surface area contributed by atoms with E-state index in [1.807, 2.05) is 48.5 Å². The summed E-state index contributed by atoms with van der Waals surface area (Å²) in [6.45, 7) is -0.383. The largest absolute Gasteiger partial charge is 0.455 e. The third-order valence-electron chi connectivity index (χ3n) is 4.28. The number of ether oxygens (including phenoxy) is 1. The molecule has 8 heteroatoms. The quantitative estimate of drug-likeness (QED) is 0.694. The highest BCUT2D eigenvalue weighted by Crippen LogP contribution is 2.27. The highest BCUT2D eigenvalue weighted by Gasteiger charge is 2.28. The lowest BCUT2D eigenvalue weighted by atomic mass is 10.0. The van der Waals surface area contributed by atoms with E-state index in [0.29, 0.717) is 12.1 Å². The number of rotatable bonds is 7. The minimum atomic E-state index is -2.97. The minimum Gasteiger partial charge on any atom is -0.455 e. The van der Waals surface area contributed by atoms with E-state index < -0.39 is 21.7 Å². The van der Waals surface area contributed by atoms with Crippen molar-refractivity contribution >= 4 is 39.2 Å². The van der Waals surface area contributed by atoms with Gasteiger partial charge in [0.25, 0.3) is 5.91 Å². The number of anilines is 1. The van der Waals surface area contributed by atoms with Crippen LogP contribution in [0.3, 0.4) is 0 Å². The molecule has 0 bridgehead atoms. The van der Waals surface area contributed by atoms with Gasteiger partial charge in [0.2, 0.25) is 0 Å². The zero-order valence-corrected chi connectivity index (χ0v) is 16.8. The average Bonchev–Trinajstić information content (AvgIpc) is 3.04. The van der Waals surface area contributed by atoms with Crippen molar-refractivity contribution in [1.82, 2.24) is 0 Å². The number of para-hydroxylation sites is 1. The van der Waals surface area contributed by atoms with Crippen LogP contribution in [-0.2, 0) is 24.2 Å². The molecule has 0 saturated carbocycles. The Morgan fingerprint density at radius 1 is 1.07 bits per heavy atom. The van der Waals surface area contributed by atoms with Crippen molar-refractivity contribution in [3.63, 3.8) is 0 Å². The van der Waals surface area contributed by atoms with E-state index in [1.165, 1.54) is 11.8 Å². The van der Waals surface area contributed by atoms with Crippen LogP contribution in [0.25, 0.3) is 11.1 Å². The molecule has 28 heavy (non-hydrogen) atoms. The standard InChI is InChI=1S/C20H21NO5S2/c22-19(12-26-20(23)13-27-16-10-11-28(24,25)14-16)21-18-9-5-4-8-17(18)15-6-2-1-3-7-15/h1-9,16H,10-14H2,(H,21,22)/t16-/m1/s1. The van der Waals surface area contributed by atoms with Crippen LogP contribution in [0.1, 0.15) is 6.42 Å². The lowest BCUT2D eigenvalue weighted by Crippen LogP contribution is -2.22. The van der Waals surface area contributed by atoms with Crippen LogP contribution in [0.15, 0.2) is 54.6 Å². The number of hydrogen-bond donors (Lipinski definition) is 1. The number of thioether (sulfide) groups is 1. The van der Waals surface area contributed by atoms with Gasteiger partial charge in [-0.25, -0.2) is 8.42 Å². The number of carbonyl (C=O) groups is 2. The van der Waals surface area contributed by atoms with Crippen LogP contribution in [0.4, 0.5) is 5.69 Å². The summed E-state index contributed by atoms with van der Waals surface area (Å²) in [7, 11) is -2.97. The molecule has 6 nitrogen and oxygen atoms in total. The zero-order chi connectivity index (χ0) is 20.0. The van der Waals surface area contributed by atoms with Gasteiger partial charge >= 0.3 is 5.97 Å². The first-order valence-corrected chi connectivity index (χ1v) is 11.7. The summed E-state index contributed by atoms with van der Waals surface area (Å²) >= 11 is 1.26. The Kier molecular flexibility index (Phi) is 6.74. The molecule has 0 unspecified atom stereocenters. The second kappa shape index (κ2) is 9.25. The summed E-state index contributed by atoms with van der Waals surface area (Å²) in [5.41, 5.74) is 2.49. The minimum absolute atomic E-state index is 0.0358. The van der Waals surface area contributed by atoms with E-state index in [9.17, 15) is 18.0 Å². The maximum absolute atomic E-state index is 12.2. The van der Waals surface area contributed by atoms with Gasteiger partial charge in [0.15, 0.2) is 16.4 Å². The first-order valence-electron chi connectivity index (χ1n) is 8.85. The molecule has 148 valence electrons. The summed E-state index contributed by atoms with van der Waals surface area (Å²) in [6.07, 6.45) is 0.553. The van der Waals surface area contributed by atoms with E-state index in [2.05, 4.69) is 5.32 Å². The van der Waals surface area contributed by atoms with Gasteiger partial charge in [-0.15, -0.1) is 11.8 Å². The van der Waals surface area contributed by atoms with Gasteiger partial charge in [-0.2, -0.15) is 0 Å². The van der Waals surface area contributed by atoms with Crippen LogP contribution < -0.4 is 5.32 Å². The summed E-state index contributed by atoms with van der Waals surface area (Å²) in [5.74, 6) is -0.649. The van der Waals surface area contributed by atoms with Crippen molar-refractivity contribution in [2.24, 2.45) is 0 Å². The number of nitrogens with one attached hydrogen (secondary N) is 1. The van der Waals surface area contributed by atoms with Gasteiger partial charge in [0, 0.05) is 16.5 Å². The number of carbonyl (C=O) groups excluding carboxylic acids is 2. The van der Waals surface area contributed by atoms with Crippen LogP contribution in [0.2, 0.25) is 0 Å². The Bertz CT molecular complexity index is 944. The molecule has 1 saturated heterocycles. The molecular formula is C20H21NO5S2. The molecule has 1 fully saturated rings. The summed E-state index contributed by atoms with van der Waals surface area (Å²) in [6, 6.07) is 17.1. The first kappa shape index (κ1) is 20.4. The molecule has 1 aliphatic rings. The van der Waals surface area contributed by atoms with Crippen molar-refractivity contribution in [3.8, 4) is 11.1 Å². The molecule has 0 aliphatic carbocycles. The van der Waals surface area contributed by atoms with Gasteiger partial charge in [-0.05, 0) is 18.1 Å². The van der Waals surface area contributed by atoms with Crippen LogP contribution in [0, 0.1) is 0 Å². The molecular weight excluding hydrogens is 398 g/mol. The molecule has 1 aliphatic heterocycles. The van der Waals surface area contributed by atoms with Crippen molar-refractivity contribution in [2.45, 2.75) is 11.7 Å². The highest BCUT2D eigenvalue weighted by atomic mass is 32.2. The van der Waals surface area contributed by atoms with E-state index >= 15 is 0 Å². The van der Waals surface area contributed by atoms with E-state index in [-0.39, 0.29) is 29.1 Å². The SMILES string of the molecule is O=C(COC(=O)CS[C@@H]1CCS(=O)(=O)C1)Nc1ccccc1-c1ccccc1. The number of amides is 1. The van der Waals surface area contributed by atoms with Crippen molar-refractivity contribution in [2.75, 3.05) is 29.2 Å². The van der Waals surface area contributed by atoms with Gasteiger partial charge in [0.1, 0.15) is 0 Å². The number of esters is 1. The first-order chi connectivity index (χ1) is 13.4. The van der Waals surface area contributed by atoms with Crippen molar-refractivity contribution in [3.05, 3.63) is 54.6 Å². The molecule has 1 atom stereocenters. The normalized spacial score (nSPS) is 17.8. The highest BCUT2D eigenvalue weighted by molar-refractivity contribution is 8.02. The fraction of sp³-hybridized carbons (Fsp3) is 0.300. The Balaban J connectivity index is 1.48. The predicted octanol–water partition coefficient (Wildman–Crippen LogP) is 2.76. The summed E-state index contributed by atoms with van der Waals surface area (Å²) in [5, 5.41) is 2.69. The number of benzene rings is 2. The molecule has 1 heterocycles. The average molecular weight is 420 g/mol. The third kappa shape index (κ3) is 5.84. The Labute approximate surface area is 168 Å². The number of sulfone groups is 1. The second-order valence-corrected chi connectivity index (χ2v) is 9.97. The molecule has 0 radical (unpaired) electrons. The van der Waals surface area contributed by atoms with Gasteiger partial charge in [0.05, 0.1) is 17.3 Å². The van der Waals surface area contributed by atoms with Crippen molar-refractivity contribution < 1.29 is 22.7 Å². The Morgan fingerprint density at radius 3 is 2.50 bits per heavy atom. The van der Waals surface area contributed by atoms with Gasteiger partial charge in [-0.1, -0.05) is 48.5 Å². The summed E-state index contributed by atoms with van der Waals surface area (Å²) in [4.78, 5) is 24.0. The molecule has 1 amide bonds. The second-order valence-electron chi connectivity index (χ2n) is 6.46. The van der Waals surface area contributed by atoms with Crippen LogP contribution >= 0.6 is 11.8 Å². The molecule has 2 aromatic rings. The van der Waals surface area contributed by atoms with Crippen LogP contribution in [-0.4, -0.2) is 49.4 Å². The summed E-state index contributed by atoms with van der Waals surface area (Å²) < 4.78 is 27.9. The lowest BCUT2D eigenvalue weighted by Gasteiger charge is -2.12. The lowest BCUT2D eigenvalue weighted by molar-refractivity contribution is -0.144. The molecule has 3 rings (SSSR count). The van der Waals surface area contributed by atoms with E-state index in [1.54, 1.807) is 6.07 Å². The zero-order valence-electron chi connectivity index (χ0n) is 15.2. The molecule has 1 N–H and O–H groups in total. The Morgan fingerprint density at radius 2 is 1.79 bits per heavy atom. The van der Waals surface area contributed by atoms with E-state index in [4.69, 9.17) is 4.74 Å². The molecule has 0 aromatic heterocycles. The fourth-order valence-electron chi connectivity index (χ4n) is 2.91. The molecule has 2 aromatic carbocycles. The molecule has 0 spiro atoms. The smallest absolute Gasteiger partial charge is 0.316 e. The maximum Gasteiger partial charge on any atom is 0.316 e. The van der Waals surface area contributed by atoms with Crippen molar-refractivity contribution in [1.29, 1.82) is 0 Å². The monoisotopic (exact) mass is 419 g/mol. The predicted molar refractivity (Wildman–Crippen MR) is 111 cm³/mol. The topological polar surface area (TPSA) is 89.5 Å². The van der Waals surface area contributed by atoms with Gasteiger partial charge < -0.3 is 10.1 Å². The van der Waals surface area contributed by atoms with E-state index in [0.717, 1.165) is 11.1 Å². The number of hydrogen-bond acceptors (Lipinski definition) is 6. The maximum atomic E-state index is 12.2.